The Balaban J connectivity index is 1.49. The number of nitrogens with two attached hydrogens (primary N) is 1. The predicted octanol–water partition coefficient (Wildman–Crippen LogP) is 1.72. The Labute approximate surface area is 142 Å². The number of amides is 1. The third-order valence-corrected chi connectivity index (χ3v) is 4.27. The van der Waals surface area contributed by atoms with Crippen molar-refractivity contribution >= 4 is 5.91 Å². The van der Waals surface area contributed by atoms with Gasteiger partial charge in [0.2, 0.25) is 0 Å². The SMILES string of the molecule is Cc1cn2c(n1)[C@@H](CNCc1ccc(OCC(N)=O)cc1)CCC2. The van der Waals surface area contributed by atoms with Crippen molar-refractivity contribution in [2.24, 2.45) is 5.73 Å². The minimum absolute atomic E-state index is 0.0919. The highest BCUT2D eigenvalue weighted by Gasteiger charge is 2.21. The number of fused-ring (bicyclic) bond motifs is 1. The van der Waals surface area contributed by atoms with E-state index in [2.05, 4.69) is 28.0 Å². The van der Waals surface area contributed by atoms with Gasteiger partial charge >= 0.3 is 0 Å². The van der Waals surface area contributed by atoms with Gasteiger partial charge in [0.1, 0.15) is 11.6 Å². The molecular formula is C18H24N4O2. The number of imidazole rings is 1. The second-order valence-corrected chi connectivity index (χ2v) is 6.30. The third-order valence-electron chi connectivity index (χ3n) is 4.27. The fraction of sp³-hybridized carbons (Fsp3) is 0.444. The number of nitrogens with one attached hydrogen (secondary N) is 1. The lowest BCUT2D eigenvalue weighted by Gasteiger charge is -2.23. The Kier molecular flexibility index (Phi) is 5.15. The van der Waals surface area contributed by atoms with E-state index in [0.29, 0.717) is 11.7 Å². The standard InChI is InChI=1S/C18H24N4O2/c1-13-11-22-8-2-3-15(18(22)21-13)10-20-9-14-4-6-16(7-5-14)24-12-17(19)23/h4-7,11,15,20H,2-3,8-10,12H2,1H3,(H2,19,23)/t15-/m1/s1. The number of aromatic nitrogens is 2. The highest BCUT2D eigenvalue weighted by Crippen LogP contribution is 2.26. The van der Waals surface area contributed by atoms with Crippen LogP contribution in [0.4, 0.5) is 0 Å². The van der Waals surface area contributed by atoms with Crippen LogP contribution in [0.5, 0.6) is 5.75 Å². The van der Waals surface area contributed by atoms with Crippen molar-refractivity contribution in [1.82, 2.24) is 14.9 Å². The van der Waals surface area contributed by atoms with Crippen molar-refractivity contribution in [1.29, 1.82) is 0 Å². The fourth-order valence-corrected chi connectivity index (χ4v) is 3.15. The molecule has 0 radical (unpaired) electrons. The van der Waals surface area contributed by atoms with E-state index in [1.165, 1.54) is 24.2 Å². The molecule has 128 valence electrons. The first-order valence-electron chi connectivity index (χ1n) is 8.36. The number of benzene rings is 1. The van der Waals surface area contributed by atoms with Crippen LogP contribution in [-0.4, -0.2) is 28.6 Å². The largest absolute Gasteiger partial charge is 0.484 e. The van der Waals surface area contributed by atoms with Crippen molar-refractivity contribution in [2.45, 2.75) is 38.8 Å². The van der Waals surface area contributed by atoms with Gasteiger partial charge in [-0.05, 0) is 37.5 Å². The van der Waals surface area contributed by atoms with Crippen LogP contribution in [0.2, 0.25) is 0 Å². The minimum atomic E-state index is -0.471. The summed E-state index contributed by atoms with van der Waals surface area (Å²) in [6.07, 6.45) is 4.54. The molecule has 2 aromatic rings. The van der Waals surface area contributed by atoms with Gasteiger partial charge in [-0.1, -0.05) is 12.1 Å². The average molecular weight is 328 g/mol. The van der Waals surface area contributed by atoms with Crippen LogP contribution in [0.15, 0.2) is 30.5 Å². The summed E-state index contributed by atoms with van der Waals surface area (Å²) in [5.74, 6) is 1.87. The molecule has 0 bridgehead atoms. The number of carbonyl (C=O) groups is 1. The first-order valence-corrected chi connectivity index (χ1v) is 8.36. The Morgan fingerprint density at radius 1 is 1.42 bits per heavy atom. The van der Waals surface area contributed by atoms with Crippen LogP contribution < -0.4 is 15.8 Å². The number of nitrogens with zero attached hydrogens (tertiary/aromatic N) is 2. The number of primary amides is 1. The fourth-order valence-electron chi connectivity index (χ4n) is 3.15. The molecule has 0 unspecified atom stereocenters. The van der Waals surface area contributed by atoms with Gasteiger partial charge in [0, 0.05) is 31.7 Å². The van der Waals surface area contributed by atoms with E-state index in [0.717, 1.165) is 25.3 Å². The molecule has 0 saturated heterocycles. The first-order chi connectivity index (χ1) is 11.6. The van der Waals surface area contributed by atoms with E-state index < -0.39 is 5.91 Å². The van der Waals surface area contributed by atoms with Gasteiger partial charge in [-0.15, -0.1) is 0 Å². The summed E-state index contributed by atoms with van der Waals surface area (Å²) in [6.45, 7) is 4.77. The second-order valence-electron chi connectivity index (χ2n) is 6.30. The molecule has 0 aliphatic carbocycles. The summed E-state index contributed by atoms with van der Waals surface area (Å²) in [4.78, 5) is 15.4. The van der Waals surface area contributed by atoms with Crippen LogP contribution >= 0.6 is 0 Å². The van der Waals surface area contributed by atoms with Crippen LogP contribution in [0.3, 0.4) is 0 Å². The first kappa shape index (κ1) is 16.5. The third kappa shape index (κ3) is 4.14. The molecule has 6 heteroatoms. The highest BCUT2D eigenvalue weighted by molar-refractivity contribution is 5.75. The Morgan fingerprint density at radius 2 is 2.21 bits per heavy atom. The summed E-state index contributed by atoms with van der Waals surface area (Å²) in [5, 5.41) is 3.52. The van der Waals surface area contributed by atoms with Crippen LogP contribution in [-0.2, 0) is 17.9 Å². The van der Waals surface area contributed by atoms with Gasteiger partial charge in [0.15, 0.2) is 6.61 Å². The molecule has 3 rings (SSSR count). The monoisotopic (exact) mass is 328 g/mol. The highest BCUT2D eigenvalue weighted by atomic mass is 16.5. The maximum atomic E-state index is 10.7. The molecule has 1 amide bonds. The summed E-state index contributed by atoms with van der Waals surface area (Å²) >= 11 is 0. The van der Waals surface area contributed by atoms with Crippen LogP contribution in [0, 0.1) is 6.92 Å². The number of carbonyl (C=O) groups excluding carboxylic acids is 1. The average Bonchev–Trinajstić information content (AvgIpc) is 2.95. The summed E-state index contributed by atoms with van der Waals surface area (Å²) < 4.78 is 7.55. The number of rotatable bonds is 7. The number of hydrogen-bond donors (Lipinski definition) is 2. The molecule has 6 nitrogen and oxygen atoms in total. The molecule has 1 aliphatic rings. The summed E-state index contributed by atoms with van der Waals surface area (Å²) in [5.41, 5.74) is 7.34. The quantitative estimate of drug-likeness (QED) is 0.811. The van der Waals surface area contributed by atoms with Crippen molar-refractivity contribution in [3.63, 3.8) is 0 Å². The van der Waals surface area contributed by atoms with Crippen LogP contribution in [0.25, 0.3) is 0 Å². The molecule has 3 N–H and O–H groups in total. The molecule has 0 fully saturated rings. The maximum Gasteiger partial charge on any atom is 0.255 e. The summed E-state index contributed by atoms with van der Waals surface area (Å²) in [7, 11) is 0. The predicted molar refractivity (Wildman–Crippen MR) is 91.8 cm³/mol. The normalized spacial score (nSPS) is 16.6. The molecule has 0 saturated carbocycles. The topological polar surface area (TPSA) is 82.2 Å². The van der Waals surface area contributed by atoms with E-state index in [-0.39, 0.29) is 6.61 Å². The molecule has 1 aliphatic heterocycles. The van der Waals surface area contributed by atoms with Gasteiger partial charge in [-0.2, -0.15) is 0 Å². The van der Waals surface area contributed by atoms with E-state index in [9.17, 15) is 4.79 Å². The number of hydrogen-bond acceptors (Lipinski definition) is 4. The van der Waals surface area contributed by atoms with E-state index >= 15 is 0 Å². The van der Waals surface area contributed by atoms with Gasteiger partial charge in [0.05, 0.1) is 5.69 Å². The maximum absolute atomic E-state index is 10.7. The Morgan fingerprint density at radius 3 is 2.96 bits per heavy atom. The van der Waals surface area contributed by atoms with Crippen molar-refractivity contribution in [3.8, 4) is 5.75 Å². The lowest BCUT2D eigenvalue weighted by Crippen LogP contribution is -2.26. The molecule has 2 heterocycles. The van der Waals surface area contributed by atoms with Gasteiger partial charge in [0.25, 0.3) is 5.91 Å². The smallest absolute Gasteiger partial charge is 0.255 e. The number of aryl methyl sites for hydroxylation is 2. The van der Waals surface area contributed by atoms with Gasteiger partial charge in [-0.25, -0.2) is 4.98 Å². The zero-order chi connectivity index (χ0) is 16.9. The second kappa shape index (κ2) is 7.49. The Bertz CT molecular complexity index is 694. The van der Waals surface area contributed by atoms with E-state index in [1.54, 1.807) is 0 Å². The molecule has 1 aromatic carbocycles. The van der Waals surface area contributed by atoms with Crippen LogP contribution in [0.1, 0.15) is 35.8 Å². The van der Waals surface area contributed by atoms with Crippen molar-refractivity contribution < 1.29 is 9.53 Å². The summed E-state index contributed by atoms with van der Waals surface area (Å²) in [6, 6.07) is 7.71. The van der Waals surface area contributed by atoms with Crippen molar-refractivity contribution in [3.05, 3.63) is 47.5 Å². The lowest BCUT2D eigenvalue weighted by molar-refractivity contribution is -0.119. The molecule has 0 spiro atoms. The molecular weight excluding hydrogens is 304 g/mol. The zero-order valence-electron chi connectivity index (χ0n) is 14.0. The lowest BCUT2D eigenvalue weighted by atomic mass is 9.99. The van der Waals surface area contributed by atoms with E-state index in [1.807, 2.05) is 24.3 Å². The van der Waals surface area contributed by atoms with Crippen molar-refractivity contribution in [2.75, 3.05) is 13.2 Å². The zero-order valence-corrected chi connectivity index (χ0v) is 14.0. The molecule has 1 aromatic heterocycles. The minimum Gasteiger partial charge on any atom is -0.484 e. The number of ether oxygens (including phenoxy) is 1. The molecule has 1 atom stereocenters. The van der Waals surface area contributed by atoms with Gasteiger partial charge < -0.3 is 20.4 Å². The molecule has 24 heavy (non-hydrogen) atoms. The Hall–Kier alpha value is -2.34. The van der Waals surface area contributed by atoms with Gasteiger partial charge in [-0.3, -0.25) is 4.79 Å². The van der Waals surface area contributed by atoms with E-state index in [4.69, 9.17) is 10.5 Å².